The second kappa shape index (κ2) is 3.88. The minimum atomic E-state index is 0.351. The van der Waals surface area contributed by atoms with Gasteiger partial charge in [-0.1, -0.05) is 0 Å². The molecular weight excluding hydrogens is 154 g/mol. The molecule has 12 heavy (non-hydrogen) atoms. The van der Waals surface area contributed by atoms with Crippen LogP contribution in [0.1, 0.15) is 11.6 Å². The molecule has 0 amide bonds. The zero-order chi connectivity index (χ0) is 8.97. The molecule has 0 N–H and O–H groups in total. The number of nitrogens with zero attached hydrogens (tertiary/aromatic N) is 3. The summed E-state index contributed by atoms with van der Waals surface area (Å²) in [6.45, 7) is 0.880. The van der Waals surface area contributed by atoms with E-state index in [2.05, 4.69) is 4.98 Å². The second-order valence-electron chi connectivity index (χ2n) is 2.79. The van der Waals surface area contributed by atoms with E-state index in [1.807, 2.05) is 25.1 Å². The number of hydrogen-bond acceptors (Lipinski definition) is 4. The van der Waals surface area contributed by atoms with E-state index in [1.54, 1.807) is 0 Å². The third kappa shape index (κ3) is 2.36. The van der Waals surface area contributed by atoms with Gasteiger partial charge in [0.2, 0.25) is 0 Å². The van der Waals surface area contributed by atoms with Crippen molar-refractivity contribution in [3.05, 3.63) is 17.8 Å². The summed E-state index contributed by atoms with van der Waals surface area (Å²) in [6.07, 6.45) is 2.12. The lowest BCUT2D eigenvalue weighted by molar-refractivity contribution is 0.384. The van der Waals surface area contributed by atoms with Gasteiger partial charge in [-0.05, 0) is 14.1 Å². The van der Waals surface area contributed by atoms with E-state index in [4.69, 9.17) is 9.68 Å². The molecular formula is C8H11N3O. The highest BCUT2D eigenvalue weighted by Crippen LogP contribution is 2.01. The maximum absolute atomic E-state index is 8.45. The molecule has 0 spiro atoms. The molecule has 0 saturated carbocycles. The summed E-state index contributed by atoms with van der Waals surface area (Å²) in [4.78, 5) is 5.98. The van der Waals surface area contributed by atoms with Crippen LogP contribution >= 0.6 is 0 Å². The van der Waals surface area contributed by atoms with Crippen molar-refractivity contribution in [2.75, 3.05) is 20.6 Å². The van der Waals surface area contributed by atoms with Crippen molar-refractivity contribution in [3.63, 3.8) is 0 Å². The molecule has 0 aliphatic carbocycles. The van der Waals surface area contributed by atoms with Crippen molar-refractivity contribution in [3.8, 4) is 6.07 Å². The maximum atomic E-state index is 8.45. The minimum Gasteiger partial charge on any atom is -0.447 e. The maximum Gasteiger partial charge on any atom is 0.196 e. The predicted octanol–water partition coefficient (Wildman–Crippen LogP) is 0.650. The van der Waals surface area contributed by atoms with Crippen molar-refractivity contribution >= 4 is 0 Å². The Morgan fingerprint density at radius 1 is 1.67 bits per heavy atom. The van der Waals surface area contributed by atoms with Gasteiger partial charge >= 0.3 is 0 Å². The summed E-state index contributed by atoms with van der Waals surface area (Å²) in [5, 5.41) is 8.45. The molecule has 4 heteroatoms. The lowest BCUT2D eigenvalue weighted by Gasteiger charge is -2.05. The smallest absolute Gasteiger partial charge is 0.196 e. The molecule has 1 heterocycles. The number of rotatable bonds is 3. The largest absolute Gasteiger partial charge is 0.447 e. The summed E-state index contributed by atoms with van der Waals surface area (Å²) in [6, 6.07) is 1.92. The van der Waals surface area contributed by atoms with E-state index in [0.717, 1.165) is 13.0 Å². The number of aromatic nitrogens is 1. The normalized spacial score (nSPS) is 10.2. The van der Waals surface area contributed by atoms with Crippen LogP contribution in [0.15, 0.2) is 10.7 Å². The molecule has 0 bridgehead atoms. The summed E-state index contributed by atoms with van der Waals surface area (Å²) in [7, 11) is 3.96. The minimum absolute atomic E-state index is 0.351. The van der Waals surface area contributed by atoms with Crippen LogP contribution in [-0.2, 0) is 6.42 Å². The highest BCUT2D eigenvalue weighted by atomic mass is 16.3. The third-order valence-electron chi connectivity index (χ3n) is 1.44. The number of hydrogen-bond donors (Lipinski definition) is 0. The van der Waals surface area contributed by atoms with E-state index >= 15 is 0 Å². The van der Waals surface area contributed by atoms with Crippen LogP contribution < -0.4 is 0 Å². The first kappa shape index (κ1) is 8.75. The first-order valence-corrected chi connectivity index (χ1v) is 3.71. The lowest BCUT2D eigenvalue weighted by atomic mass is 10.4. The van der Waals surface area contributed by atoms with Crippen LogP contribution in [0.25, 0.3) is 0 Å². The van der Waals surface area contributed by atoms with Crippen LogP contribution in [0.2, 0.25) is 0 Å². The molecule has 0 atom stereocenters. The van der Waals surface area contributed by atoms with Gasteiger partial charge in [0, 0.05) is 13.0 Å². The molecule has 0 aliphatic heterocycles. The van der Waals surface area contributed by atoms with Gasteiger partial charge < -0.3 is 9.32 Å². The Morgan fingerprint density at radius 2 is 2.42 bits per heavy atom. The van der Waals surface area contributed by atoms with E-state index in [1.165, 1.54) is 6.26 Å². The zero-order valence-electron chi connectivity index (χ0n) is 7.24. The summed E-state index contributed by atoms with van der Waals surface area (Å²) in [5.74, 6) is 0.625. The molecule has 64 valence electrons. The van der Waals surface area contributed by atoms with E-state index in [-0.39, 0.29) is 0 Å². The molecule has 0 fully saturated rings. The number of nitriles is 1. The monoisotopic (exact) mass is 165 g/mol. The van der Waals surface area contributed by atoms with Gasteiger partial charge in [0.1, 0.15) is 12.3 Å². The second-order valence-corrected chi connectivity index (χ2v) is 2.79. The molecule has 0 saturated heterocycles. The Labute approximate surface area is 71.4 Å². The van der Waals surface area contributed by atoms with Crippen molar-refractivity contribution < 1.29 is 4.42 Å². The fourth-order valence-electron chi connectivity index (χ4n) is 0.796. The van der Waals surface area contributed by atoms with Gasteiger partial charge in [-0.25, -0.2) is 4.98 Å². The van der Waals surface area contributed by atoms with E-state index in [9.17, 15) is 0 Å². The van der Waals surface area contributed by atoms with Gasteiger partial charge in [-0.2, -0.15) is 5.26 Å². The third-order valence-corrected chi connectivity index (χ3v) is 1.44. The average Bonchev–Trinajstić information content (AvgIpc) is 2.48. The van der Waals surface area contributed by atoms with Gasteiger partial charge in [0.15, 0.2) is 11.6 Å². The summed E-state index contributed by atoms with van der Waals surface area (Å²) in [5.41, 5.74) is 0.351. The molecule has 1 aromatic heterocycles. The molecule has 1 aromatic rings. The van der Waals surface area contributed by atoms with Gasteiger partial charge in [0.25, 0.3) is 0 Å². The van der Waals surface area contributed by atoms with Crippen LogP contribution in [0.5, 0.6) is 0 Å². The Bertz CT molecular complexity index is 285. The van der Waals surface area contributed by atoms with Gasteiger partial charge in [0.05, 0.1) is 0 Å². The molecule has 0 unspecified atom stereocenters. The van der Waals surface area contributed by atoms with E-state index in [0.29, 0.717) is 11.6 Å². The summed E-state index contributed by atoms with van der Waals surface area (Å²) < 4.78 is 5.05. The predicted molar refractivity (Wildman–Crippen MR) is 43.5 cm³/mol. The Balaban J connectivity index is 2.48. The SMILES string of the molecule is CN(C)CCc1nc(C#N)co1. The first-order valence-electron chi connectivity index (χ1n) is 3.71. The summed E-state index contributed by atoms with van der Waals surface area (Å²) >= 11 is 0. The first-order chi connectivity index (χ1) is 5.72. The molecule has 0 aliphatic rings. The number of oxazole rings is 1. The zero-order valence-corrected chi connectivity index (χ0v) is 7.24. The quantitative estimate of drug-likeness (QED) is 0.659. The van der Waals surface area contributed by atoms with Crippen LogP contribution in [0.3, 0.4) is 0 Å². The van der Waals surface area contributed by atoms with Crippen molar-refractivity contribution in [2.24, 2.45) is 0 Å². The Kier molecular flexibility index (Phi) is 2.83. The van der Waals surface area contributed by atoms with Crippen molar-refractivity contribution in [1.82, 2.24) is 9.88 Å². The molecule has 0 aromatic carbocycles. The molecule has 1 rings (SSSR count). The molecule has 0 radical (unpaired) electrons. The highest BCUT2D eigenvalue weighted by molar-refractivity contribution is 5.14. The highest BCUT2D eigenvalue weighted by Gasteiger charge is 2.02. The Hall–Kier alpha value is -1.34. The standard InChI is InChI=1S/C8H11N3O/c1-11(2)4-3-8-10-7(5-9)6-12-8/h6H,3-4H2,1-2H3. The van der Waals surface area contributed by atoms with Crippen LogP contribution in [-0.4, -0.2) is 30.5 Å². The Morgan fingerprint density at radius 3 is 2.92 bits per heavy atom. The molecule has 4 nitrogen and oxygen atoms in total. The van der Waals surface area contributed by atoms with Crippen molar-refractivity contribution in [1.29, 1.82) is 5.26 Å². The van der Waals surface area contributed by atoms with Crippen LogP contribution in [0, 0.1) is 11.3 Å². The average molecular weight is 165 g/mol. The fourth-order valence-corrected chi connectivity index (χ4v) is 0.796. The topological polar surface area (TPSA) is 53.1 Å². The van der Waals surface area contributed by atoms with Crippen molar-refractivity contribution in [2.45, 2.75) is 6.42 Å². The lowest BCUT2D eigenvalue weighted by Crippen LogP contribution is -2.15. The van der Waals surface area contributed by atoms with Gasteiger partial charge in [-0.3, -0.25) is 0 Å². The van der Waals surface area contributed by atoms with Gasteiger partial charge in [-0.15, -0.1) is 0 Å². The van der Waals surface area contributed by atoms with Crippen LogP contribution in [0.4, 0.5) is 0 Å². The fraction of sp³-hybridized carbons (Fsp3) is 0.500. The van der Waals surface area contributed by atoms with E-state index < -0.39 is 0 Å². The number of likely N-dealkylation sites (N-methyl/N-ethyl adjacent to an activating group) is 1.